The lowest BCUT2D eigenvalue weighted by atomic mass is 9.86. The van der Waals surface area contributed by atoms with Crippen molar-refractivity contribution < 1.29 is 28.9 Å². The lowest BCUT2D eigenvalue weighted by molar-refractivity contribution is -0.149. The first-order valence-corrected chi connectivity index (χ1v) is 24.5. The second kappa shape index (κ2) is 22.4. The molecule has 8 nitrogen and oxygen atoms in total. The van der Waals surface area contributed by atoms with Crippen LogP contribution < -0.4 is 9.47 Å². The molecular formula is C52H68Cl2N2O6. The number of hydrogen-bond donors (Lipinski definition) is 1. The molecule has 2 saturated carbocycles. The van der Waals surface area contributed by atoms with Gasteiger partial charge in [0.1, 0.15) is 11.5 Å². The van der Waals surface area contributed by atoms with Gasteiger partial charge < -0.3 is 19.3 Å². The van der Waals surface area contributed by atoms with Crippen molar-refractivity contribution >= 4 is 56.7 Å². The fraction of sp³-hybridized carbons (Fsp3) is 0.577. The summed E-state index contributed by atoms with van der Waals surface area (Å²) in [6, 6.07) is 21.2. The summed E-state index contributed by atoms with van der Waals surface area (Å²) >= 11 is 13.6. The predicted octanol–water partition coefficient (Wildman–Crippen LogP) is 12.8. The molecule has 0 bridgehead atoms. The van der Waals surface area contributed by atoms with E-state index < -0.39 is 5.97 Å². The Morgan fingerprint density at radius 3 is 1.37 bits per heavy atom. The van der Waals surface area contributed by atoms with E-state index in [2.05, 4.69) is 72.2 Å². The first-order valence-electron chi connectivity index (χ1n) is 23.7. The van der Waals surface area contributed by atoms with E-state index in [0.29, 0.717) is 11.6 Å². The van der Waals surface area contributed by atoms with E-state index >= 15 is 0 Å². The van der Waals surface area contributed by atoms with Crippen LogP contribution in [0.1, 0.15) is 122 Å². The van der Waals surface area contributed by atoms with Crippen molar-refractivity contribution in [3.05, 3.63) is 81.8 Å². The fourth-order valence-corrected chi connectivity index (χ4v) is 10.7. The highest BCUT2D eigenvalue weighted by molar-refractivity contribution is 6.37. The molecule has 0 amide bonds. The molecule has 10 heteroatoms. The standard InChI is InChI=1S/C27H36ClNO3.C25H32ClNO3/c1-3-19-6-10-23(11-7-19)32-25-12-9-21-8-5-20(17-24(21)26(25)28)18-29-15-13-22(14-16-29)27(30)31-4-2;1-2-17-4-8-21(9-5-17)30-23-10-7-19-6-3-18(15-22(19)24(23)26)16-27-13-11-20(12-14-27)25(28)29/h5,8-9,12,17,19,22-23H,3-4,6-7,10-11,13-16,18H2,1-2H3;3,6-7,10,15,17,20-21H,2,4-5,8-9,11-14,16H2,1H3,(H,28,29). The number of piperidine rings is 2. The Labute approximate surface area is 379 Å². The van der Waals surface area contributed by atoms with Crippen molar-refractivity contribution in [3.8, 4) is 11.5 Å². The van der Waals surface area contributed by atoms with Crippen LogP contribution >= 0.6 is 23.2 Å². The topological polar surface area (TPSA) is 88.5 Å². The van der Waals surface area contributed by atoms with E-state index in [1.165, 1.54) is 49.7 Å². The maximum absolute atomic E-state index is 12.0. The van der Waals surface area contributed by atoms with Crippen LogP contribution in [0.25, 0.3) is 21.5 Å². The quantitative estimate of drug-likeness (QED) is 0.133. The monoisotopic (exact) mass is 886 g/mol. The van der Waals surface area contributed by atoms with E-state index in [9.17, 15) is 14.7 Å². The third-order valence-electron chi connectivity index (χ3n) is 14.3. The van der Waals surface area contributed by atoms with Gasteiger partial charge in [0.2, 0.25) is 0 Å². The normalized spacial score (nSPS) is 23.1. The summed E-state index contributed by atoms with van der Waals surface area (Å²) in [5, 5.41) is 15.0. The Morgan fingerprint density at radius 1 is 0.581 bits per heavy atom. The number of likely N-dealkylation sites (tertiary alicyclic amines) is 2. The van der Waals surface area contributed by atoms with Crippen LogP contribution in [0.15, 0.2) is 60.7 Å². The van der Waals surface area contributed by atoms with Gasteiger partial charge in [0.05, 0.1) is 40.7 Å². The van der Waals surface area contributed by atoms with Crippen molar-refractivity contribution in [3.63, 3.8) is 0 Å². The molecule has 0 atom stereocenters. The highest BCUT2D eigenvalue weighted by Crippen LogP contribution is 2.39. The summed E-state index contributed by atoms with van der Waals surface area (Å²) in [7, 11) is 0. The summed E-state index contributed by atoms with van der Waals surface area (Å²) < 4.78 is 17.8. The van der Waals surface area contributed by atoms with Gasteiger partial charge in [-0.25, -0.2) is 0 Å². The van der Waals surface area contributed by atoms with Crippen LogP contribution in [-0.4, -0.2) is 71.8 Å². The van der Waals surface area contributed by atoms with Crippen LogP contribution in [0.4, 0.5) is 0 Å². The first kappa shape index (κ1) is 46.4. The molecule has 2 aliphatic heterocycles. The van der Waals surface area contributed by atoms with Gasteiger partial charge in [-0.2, -0.15) is 0 Å². The van der Waals surface area contributed by atoms with Crippen molar-refractivity contribution in [2.45, 2.75) is 136 Å². The van der Waals surface area contributed by atoms with Crippen molar-refractivity contribution in [2.24, 2.45) is 23.7 Å². The van der Waals surface area contributed by atoms with Crippen LogP contribution in [-0.2, 0) is 27.4 Å². The molecule has 0 unspecified atom stereocenters. The third kappa shape index (κ3) is 12.2. The Hall–Kier alpha value is -3.56. The van der Waals surface area contributed by atoms with Crippen molar-refractivity contribution in [1.29, 1.82) is 0 Å². The Morgan fingerprint density at radius 2 is 0.984 bits per heavy atom. The first-order chi connectivity index (χ1) is 30.1. The summed E-state index contributed by atoms with van der Waals surface area (Å²) in [6.45, 7) is 12.1. The van der Waals surface area contributed by atoms with Crippen LogP contribution in [0.3, 0.4) is 0 Å². The number of hydrogen-bond acceptors (Lipinski definition) is 7. The second-order valence-corrected chi connectivity index (χ2v) is 19.2. The highest BCUT2D eigenvalue weighted by atomic mass is 35.5. The van der Waals surface area contributed by atoms with Gasteiger partial charge in [-0.3, -0.25) is 19.4 Å². The molecule has 1 N–H and O–H groups in total. The predicted molar refractivity (Wildman–Crippen MR) is 252 cm³/mol. The molecule has 2 heterocycles. The fourth-order valence-electron chi connectivity index (χ4n) is 10.1. The summed E-state index contributed by atoms with van der Waals surface area (Å²) in [4.78, 5) is 27.9. The zero-order chi connectivity index (χ0) is 43.6. The zero-order valence-corrected chi connectivity index (χ0v) is 38.7. The van der Waals surface area contributed by atoms with Gasteiger partial charge in [0.15, 0.2) is 0 Å². The Kier molecular flexibility index (Phi) is 16.8. The Balaban J connectivity index is 0.000000187. The maximum atomic E-state index is 12.0. The molecule has 62 heavy (non-hydrogen) atoms. The molecular weight excluding hydrogens is 819 g/mol. The number of nitrogens with zero attached hydrogens (tertiary/aromatic N) is 2. The van der Waals surface area contributed by atoms with Crippen molar-refractivity contribution in [2.75, 3.05) is 32.8 Å². The minimum Gasteiger partial charge on any atom is -0.489 e. The Bertz CT molecular complexity index is 2100. The van der Waals surface area contributed by atoms with E-state index in [4.69, 9.17) is 37.4 Å². The van der Waals surface area contributed by atoms with Gasteiger partial charge in [0.25, 0.3) is 0 Å². The zero-order valence-electron chi connectivity index (χ0n) is 37.2. The average Bonchev–Trinajstić information content (AvgIpc) is 3.30. The molecule has 336 valence electrons. The SMILES string of the molecule is CCC1CCC(Oc2ccc3ccc(CN4CCC(C(=O)O)CC4)cc3c2Cl)CC1.CCOC(=O)C1CCN(Cc2ccc3ccc(OC4CCC(CC)CC4)c(Cl)c3c2)CC1. The second-order valence-electron chi connectivity index (χ2n) is 18.4. The number of carbonyl (C=O) groups excluding carboxylic acids is 1. The van der Waals surface area contributed by atoms with Crippen LogP contribution in [0.2, 0.25) is 10.0 Å². The summed E-state index contributed by atoms with van der Waals surface area (Å²) in [6.07, 6.45) is 15.7. The molecule has 0 aromatic heterocycles. The number of ether oxygens (including phenoxy) is 3. The lowest BCUT2D eigenvalue weighted by Crippen LogP contribution is -2.36. The molecule has 8 rings (SSSR count). The largest absolute Gasteiger partial charge is 0.489 e. The van der Waals surface area contributed by atoms with Gasteiger partial charge in [-0.05, 0) is 168 Å². The van der Waals surface area contributed by atoms with Gasteiger partial charge in [0, 0.05) is 23.9 Å². The minimum absolute atomic E-state index is 0.0413. The average molecular weight is 888 g/mol. The van der Waals surface area contributed by atoms with Gasteiger partial charge in [-0.1, -0.05) is 86.3 Å². The lowest BCUT2D eigenvalue weighted by Gasteiger charge is -2.31. The van der Waals surface area contributed by atoms with Crippen LogP contribution in [0, 0.1) is 23.7 Å². The molecule has 0 radical (unpaired) electrons. The number of rotatable bonds is 13. The minimum atomic E-state index is -0.664. The molecule has 4 aromatic carbocycles. The molecule has 4 fully saturated rings. The number of carboxylic acids is 1. The number of carboxylic acid groups (broad SMARTS) is 1. The van der Waals surface area contributed by atoms with E-state index in [1.54, 1.807) is 0 Å². The van der Waals surface area contributed by atoms with E-state index in [0.717, 1.165) is 141 Å². The number of carbonyl (C=O) groups is 2. The number of esters is 1. The summed E-state index contributed by atoms with van der Waals surface area (Å²) in [5.74, 6) is 2.45. The number of fused-ring (bicyclic) bond motifs is 2. The van der Waals surface area contributed by atoms with Crippen molar-refractivity contribution in [1.82, 2.24) is 9.80 Å². The number of aliphatic carboxylic acids is 1. The maximum Gasteiger partial charge on any atom is 0.309 e. The molecule has 4 aliphatic rings. The molecule has 2 aliphatic carbocycles. The van der Waals surface area contributed by atoms with E-state index in [1.807, 2.05) is 19.1 Å². The summed E-state index contributed by atoms with van der Waals surface area (Å²) in [5.41, 5.74) is 2.45. The molecule has 2 saturated heterocycles. The third-order valence-corrected chi connectivity index (χ3v) is 15.0. The van der Waals surface area contributed by atoms with Gasteiger partial charge in [-0.15, -0.1) is 0 Å². The molecule has 0 spiro atoms. The highest BCUT2D eigenvalue weighted by Gasteiger charge is 2.28. The van der Waals surface area contributed by atoms with Crippen LogP contribution in [0.5, 0.6) is 11.5 Å². The molecule has 4 aromatic rings. The van der Waals surface area contributed by atoms with Gasteiger partial charge >= 0.3 is 11.9 Å². The van der Waals surface area contributed by atoms with E-state index in [-0.39, 0.29) is 30.0 Å². The number of benzene rings is 4. The smallest absolute Gasteiger partial charge is 0.309 e. The number of halogens is 2.